The fourth-order valence-corrected chi connectivity index (χ4v) is 3.04. The lowest BCUT2D eigenvalue weighted by Crippen LogP contribution is -1.99. The zero-order valence-electron chi connectivity index (χ0n) is 14.7. The largest absolute Gasteiger partial charge is 0.399 e. The molecule has 3 heterocycles. The summed E-state index contributed by atoms with van der Waals surface area (Å²) in [5, 5.41) is 4.34. The van der Waals surface area contributed by atoms with Crippen molar-refractivity contribution in [1.82, 2.24) is 19.5 Å². The minimum absolute atomic E-state index is 0.335. The van der Waals surface area contributed by atoms with E-state index in [2.05, 4.69) is 39.9 Å². The van der Waals surface area contributed by atoms with Crippen LogP contribution in [0.5, 0.6) is 0 Å². The molecule has 4 aromatic rings. The summed E-state index contributed by atoms with van der Waals surface area (Å²) in [4.78, 5) is 13.3. The van der Waals surface area contributed by atoms with Crippen LogP contribution >= 0.6 is 0 Å². The molecule has 0 aliphatic carbocycles. The Hall–Kier alpha value is -3.41. The minimum atomic E-state index is 0.335. The van der Waals surface area contributed by atoms with Gasteiger partial charge in [-0.1, -0.05) is 6.07 Å². The van der Waals surface area contributed by atoms with Gasteiger partial charge in [0.1, 0.15) is 0 Å². The van der Waals surface area contributed by atoms with Crippen molar-refractivity contribution in [2.45, 2.75) is 19.9 Å². The van der Waals surface area contributed by atoms with Crippen molar-refractivity contribution in [3.63, 3.8) is 0 Å². The molecule has 1 aromatic carbocycles. The molecule has 6 heteroatoms. The summed E-state index contributed by atoms with van der Waals surface area (Å²) in [5.74, 6) is 0.535. The molecule has 0 saturated heterocycles. The van der Waals surface area contributed by atoms with Crippen molar-refractivity contribution in [2.75, 3.05) is 11.1 Å². The van der Waals surface area contributed by atoms with Gasteiger partial charge in [0.2, 0.25) is 5.95 Å². The Balaban J connectivity index is 1.76. The van der Waals surface area contributed by atoms with Crippen molar-refractivity contribution in [2.24, 2.45) is 0 Å². The van der Waals surface area contributed by atoms with Gasteiger partial charge in [0.15, 0.2) is 0 Å². The molecule has 0 aliphatic heterocycles. The smallest absolute Gasteiger partial charge is 0.227 e. The van der Waals surface area contributed by atoms with Gasteiger partial charge in [-0.2, -0.15) is 0 Å². The van der Waals surface area contributed by atoms with E-state index in [0.29, 0.717) is 17.7 Å². The Morgan fingerprint density at radius 1 is 1.12 bits per heavy atom. The standard InChI is InChI=1S/C20H20N6/c1-13(2)26-12-17(16-6-8-22-11-19(16)26)18-7-9-23-20(25-18)24-15-5-3-4-14(21)10-15/h3-13H,21H2,1-2H3,(H,23,24,25). The Bertz CT molecular complexity index is 1070. The topological polar surface area (TPSA) is 81.7 Å². The van der Waals surface area contributed by atoms with Crippen LogP contribution in [0.2, 0.25) is 0 Å². The van der Waals surface area contributed by atoms with Crippen LogP contribution in [0.15, 0.2) is 61.2 Å². The summed E-state index contributed by atoms with van der Waals surface area (Å²) in [6, 6.07) is 11.8. The number of hydrogen-bond acceptors (Lipinski definition) is 5. The van der Waals surface area contributed by atoms with E-state index >= 15 is 0 Å². The molecular formula is C20H20N6. The van der Waals surface area contributed by atoms with Crippen LogP contribution in [0.1, 0.15) is 19.9 Å². The minimum Gasteiger partial charge on any atom is -0.399 e. The highest BCUT2D eigenvalue weighted by atomic mass is 15.1. The summed E-state index contributed by atoms with van der Waals surface area (Å²) >= 11 is 0. The maximum atomic E-state index is 5.84. The molecule has 0 aliphatic rings. The van der Waals surface area contributed by atoms with Gasteiger partial charge in [-0.15, -0.1) is 0 Å². The maximum absolute atomic E-state index is 5.84. The predicted octanol–water partition coefficient (Wildman–Crippen LogP) is 4.40. The van der Waals surface area contributed by atoms with E-state index in [1.54, 1.807) is 6.20 Å². The highest BCUT2D eigenvalue weighted by molar-refractivity contribution is 5.94. The predicted molar refractivity (Wildman–Crippen MR) is 105 cm³/mol. The number of hydrogen-bond donors (Lipinski definition) is 2. The Kier molecular flexibility index (Phi) is 4.01. The van der Waals surface area contributed by atoms with Gasteiger partial charge in [0.25, 0.3) is 0 Å². The third-order valence-corrected chi connectivity index (χ3v) is 4.27. The highest BCUT2D eigenvalue weighted by Crippen LogP contribution is 2.31. The molecule has 0 amide bonds. The first-order valence-corrected chi connectivity index (χ1v) is 8.52. The van der Waals surface area contributed by atoms with Crippen LogP contribution < -0.4 is 11.1 Å². The number of aromatic nitrogens is 4. The summed E-state index contributed by atoms with van der Waals surface area (Å²) < 4.78 is 2.21. The third-order valence-electron chi connectivity index (χ3n) is 4.27. The number of pyridine rings is 1. The maximum Gasteiger partial charge on any atom is 0.227 e. The number of nitrogen functional groups attached to an aromatic ring is 1. The Morgan fingerprint density at radius 2 is 2.00 bits per heavy atom. The molecule has 0 fully saturated rings. The van der Waals surface area contributed by atoms with Gasteiger partial charge >= 0.3 is 0 Å². The summed E-state index contributed by atoms with van der Waals surface area (Å²) in [6.45, 7) is 4.31. The number of nitrogens with two attached hydrogens (primary N) is 1. The lowest BCUT2D eigenvalue weighted by atomic mass is 10.1. The molecule has 0 bridgehead atoms. The van der Waals surface area contributed by atoms with E-state index in [4.69, 9.17) is 10.7 Å². The van der Waals surface area contributed by atoms with E-state index in [1.807, 2.05) is 48.8 Å². The van der Waals surface area contributed by atoms with Crippen LogP contribution in [0.25, 0.3) is 22.2 Å². The number of nitrogens with one attached hydrogen (secondary N) is 1. The lowest BCUT2D eigenvalue weighted by molar-refractivity contribution is 0.622. The zero-order chi connectivity index (χ0) is 18.1. The normalized spacial score (nSPS) is 11.2. The average Bonchev–Trinajstić information content (AvgIpc) is 3.02. The molecule has 0 unspecified atom stereocenters. The van der Waals surface area contributed by atoms with Crippen LogP contribution in [0, 0.1) is 0 Å². The van der Waals surface area contributed by atoms with Crippen molar-refractivity contribution < 1.29 is 0 Å². The molecule has 26 heavy (non-hydrogen) atoms. The number of rotatable bonds is 4. The molecule has 0 spiro atoms. The Labute approximate surface area is 151 Å². The van der Waals surface area contributed by atoms with Gasteiger partial charge in [-0.05, 0) is 44.2 Å². The van der Waals surface area contributed by atoms with Crippen LogP contribution in [-0.2, 0) is 0 Å². The molecular weight excluding hydrogens is 324 g/mol. The van der Waals surface area contributed by atoms with E-state index in [0.717, 1.165) is 27.8 Å². The third kappa shape index (κ3) is 2.97. The molecule has 130 valence electrons. The molecule has 0 radical (unpaired) electrons. The molecule has 4 rings (SSSR count). The zero-order valence-corrected chi connectivity index (χ0v) is 14.7. The second-order valence-electron chi connectivity index (χ2n) is 6.45. The average molecular weight is 344 g/mol. The van der Waals surface area contributed by atoms with Crippen molar-refractivity contribution in [1.29, 1.82) is 0 Å². The van der Waals surface area contributed by atoms with Crippen molar-refractivity contribution in [3.8, 4) is 11.3 Å². The molecule has 3 aromatic heterocycles. The Morgan fingerprint density at radius 3 is 2.81 bits per heavy atom. The van der Waals surface area contributed by atoms with Crippen molar-refractivity contribution >= 4 is 28.2 Å². The first-order chi connectivity index (χ1) is 12.6. The molecule has 0 saturated carbocycles. The molecule has 3 N–H and O–H groups in total. The van der Waals surface area contributed by atoms with Crippen molar-refractivity contribution in [3.05, 3.63) is 61.2 Å². The van der Waals surface area contributed by atoms with Gasteiger partial charge in [-0.3, -0.25) is 4.98 Å². The lowest BCUT2D eigenvalue weighted by Gasteiger charge is -2.08. The van der Waals surface area contributed by atoms with Crippen LogP contribution in [-0.4, -0.2) is 19.5 Å². The first-order valence-electron chi connectivity index (χ1n) is 8.52. The second kappa shape index (κ2) is 6.48. The summed E-state index contributed by atoms with van der Waals surface area (Å²) in [5.41, 5.74) is 10.4. The van der Waals surface area contributed by atoms with E-state index < -0.39 is 0 Å². The van der Waals surface area contributed by atoms with Gasteiger partial charge in [0, 0.05) is 47.0 Å². The highest BCUT2D eigenvalue weighted by Gasteiger charge is 2.13. The van der Waals surface area contributed by atoms with E-state index in [9.17, 15) is 0 Å². The fourth-order valence-electron chi connectivity index (χ4n) is 3.04. The first kappa shape index (κ1) is 16.1. The molecule has 0 atom stereocenters. The van der Waals surface area contributed by atoms with Gasteiger partial charge < -0.3 is 15.6 Å². The molecule has 6 nitrogen and oxygen atoms in total. The quantitative estimate of drug-likeness (QED) is 0.536. The fraction of sp³-hybridized carbons (Fsp3) is 0.150. The van der Waals surface area contributed by atoms with Crippen LogP contribution in [0.4, 0.5) is 17.3 Å². The summed E-state index contributed by atoms with van der Waals surface area (Å²) in [6.07, 6.45) is 7.59. The van der Waals surface area contributed by atoms with E-state index in [1.165, 1.54) is 0 Å². The SMILES string of the molecule is CC(C)n1cc(-c2ccnc(Nc3cccc(N)c3)n2)c2ccncc21. The number of nitrogens with zero attached hydrogens (tertiary/aromatic N) is 4. The van der Waals surface area contributed by atoms with E-state index in [-0.39, 0.29) is 0 Å². The number of benzene rings is 1. The number of anilines is 3. The van der Waals surface area contributed by atoms with Crippen LogP contribution in [0.3, 0.4) is 0 Å². The number of fused-ring (bicyclic) bond motifs is 1. The van der Waals surface area contributed by atoms with Gasteiger partial charge in [-0.25, -0.2) is 9.97 Å². The summed E-state index contributed by atoms with van der Waals surface area (Å²) in [7, 11) is 0. The van der Waals surface area contributed by atoms with Gasteiger partial charge in [0.05, 0.1) is 17.4 Å². The second-order valence-corrected chi connectivity index (χ2v) is 6.45. The monoisotopic (exact) mass is 344 g/mol.